The molecule has 1 rings (SSSR count). The van der Waals surface area contributed by atoms with E-state index in [4.69, 9.17) is 9.47 Å². The van der Waals surface area contributed by atoms with Gasteiger partial charge in [0.25, 0.3) is 0 Å². The van der Waals surface area contributed by atoms with Gasteiger partial charge in [0.1, 0.15) is 5.84 Å². The molecule has 0 aromatic heterocycles. The molecule has 0 bridgehead atoms. The maximum Gasteiger partial charge on any atom is 0.391 e. The number of rotatable bonds is 0. The first kappa shape index (κ1) is 8.04. The second kappa shape index (κ2) is 2.53. The third-order valence-corrected chi connectivity index (χ3v) is 1.20. The zero-order chi connectivity index (χ0) is 8.48. The Bertz CT molecular complexity index is 218. The Kier molecular flexibility index (Phi) is 1.85. The predicted molar refractivity (Wildman–Crippen MR) is 42.7 cm³/mol. The molecule has 0 amide bonds. The first-order chi connectivity index (χ1) is 5.03. The van der Waals surface area contributed by atoms with Crippen LogP contribution in [0.25, 0.3) is 0 Å². The summed E-state index contributed by atoms with van der Waals surface area (Å²) >= 11 is 0. The number of hydrogen-bond acceptors (Lipinski definition) is 4. The minimum Gasteiger partial charge on any atom is -0.454 e. The Labute approximate surface area is 65.9 Å². The second-order valence-corrected chi connectivity index (χ2v) is 2.79. The highest BCUT2D eigenvalue weighted by Gasteiger charge is 2.24. The first-order valence-corrected chi connectivity index (χ1v) is 3.42. The Morgan fingerprint density at radius 2 is 2.09 bits per heavy atom. The van der Waals surface area contributed by atoms with E-state index in [-0.39, 0.29) is 6.08 Å². The molecule has 0 aromatic rings. The quantitative estimate of drug-likeness (QED) is 0.528. The SMILES string of the molecule is COC1=NC(C)=NC(C)(C)O1. The fourth-order valence-electron chi connectivity index (χ4n) is 0.893. The lowest BCUT2D eigenvalue weighted by atomic mass is 10.3. The Morgan fingerprint density at radius 3 is 2.55 bits per heavy atom. The second-order valence-electron chi connectivity index (χ2n) is 2.79. The van der Waals surface area contributed by atoms with Crippen molar-refractivity contribution < 1.29 is 9.47 Å². The van der Waals surface area contributed by atoms with Gasteiger partial charge in [-0.1, -0.05) is 0 Å². The van der Waals surface area contributed by atoms with Crippen molar-refractivity contribution in [3.05, 3.63) is 0 Å². The number of nitrogens with zero attached hydrogens (tertiary/aromatic N) is 2. The van der Waals surface area contributed by atoms with Gasteiger partial charge < -0.3 is 9.47 Å². The third-order valence-electron chi connectivity index (χ3n) is 1.20. The average molecular weight is 156 g/mol. The number of aliphatic imine (C=N–C) groups is 2. The van der Waals surface area contributed by atoms with Gasteiger partial charge in [0.15, 0.2) is 0 Å². The molecule has 0 aliphatic carbocycles. The molecule has 0 unspecified atom stereocenters. The van der Waals surface area contributed by atoms with Crippen molar-refractivity contribution in [2.45, 2.75) is 26.5 Å². The van der Waals surface area contributed by atoms with E-state index in [1.54, 1.807) is 0 Å². The van der Waals surface area contributed by atoms with E-state index in [0.717, 1.165) is 0 Å². The summed E-state index contributed by atoms with van der Waals surface area (Å²) in [5.41, 5.74) is -0.544. The van der Waals surface area contributed by atoms with Crippen LogP contribution in [-0.2, 0) is 9.47 Å². The van der Waals surface area contributed by atoms with Gasteiger partial charge in [0, 0.05) is 0 Å². The topological polar surface area (TPSA) is 43.2 Å². The van der Waals surface area contributed by atoms with Gasteiger partial charge in [-0.3, -0.25) is 0 Å². The summed E-state index contributed by atoms with van der Waals surface area (Å²) in [6.45, 7) is 5.51. The molecule has 0 spiro atoms. The summed E-state index contributed by atoms with van der Waals surface area (Å²) in [5.74, 6) is 0.679. The fourth-order valence-corrected chi connectivity index (χ4v) is 0.893. The maximum absolute atomic E-state index is 5.23. The van der Waals surface area contributed by atoms with Crippen LogP contribution in [0.4, 0.5) is 0 Å². The largest absolute Gasteiger partial charge is 0.454 e. The number of hydrogen-bond donors (Lipinski definition) is 0. The fraction of sp³-hybridized carbons (Fsp3) is 0.714. The van der Waals surface area contributed by atoms with Crippen LogP contribution in [0.1, 0.15) is 20.8 Å². The zero-order valence-corrected chi connectivity index (χ0v) is 7.21. The molecular weight excluding hydrogens is 144 g/mol. The van der Waals surface area contributed by atoms with Crippen molar-refractivity contribution in [3.63, 3.8) is 0 Å². The summed E-state index contributed by atoms with van der Waals surface area (Å²) in [5, 5.41) is 0. The highest BCUT2D eigenvalue weighted by atomic mass is 16.7. The molecule has 0 atom stereocenters. The highest BCUT2D eigenvalue weighted by molar-refractivity contribution is 5.91. The monoisotopic (exact) mass is 156 g/mol. The van der Waals surface area contributed by atoms with Crippen LogP contribution in [-0.4, -0.2) is 24.8 Å². The van der Waals surface area contributed by atoms with Crippen molar-refractivity contribution in [1.29, 1.82) is 0 Å². The van der Waals surface area contributed by atoms with Crippen molar-refractivity contribution in [2.75, 3.05) is 7.11 Å². The van der Waals surface area contributed by atoms with E-state index in [0.29, 0.717) is 5.84 Å². The summed E-state index contributed by atoms with van der Waals surface area (Å²) in [7, 11) is 1.52. The molecule has 1 aliphatic rings. The van der Waals surface area contributed by atoms with Crippen molar-refractivity contribution in [3.8, 4) is 0 Å². The Balaban J connectivity index is 2.84. The summed E-state index contributed by atoms with van der Waals surface area (Å²) < 4.78 is 10.1. The molecule has 0 aromatic carbocycles. The number of amidine groups is 1. The van der Waals surface area contributed by atoms with Crippen LogP contribution < -0.4 is 0 Å². The molecule has 0 radical (unpaired) electrons. The van der Waals surface area contributed by atoms with Crippen LogP contribution in [0.3, 0.4) is 0 Å². The standard InChI is InChI=1S/C7H12N2O2/c1-5-8-6(10-4)11-7(2,3)9-5/h1-4H3. The van der Waals surface area contributed by atoms with Crippen LogP contribution in [0.15, 0.2) is 9.98 Å². The summed E-state index contributed by atoms with van der Waals surface area (Å²) in [6, 6.07) is 0. The Morgan fingerprint density at radius 1 is 1.45 bits per heavy atom. The molecule has 1 aliphatic heterocycles. The molecule has 0 fully saturated rings. The molecule has 1 heterocycles. The van der Waals surface area contributed by atoms with Gasteiger partial charge in [-0.2, -0.15) is 4.99 Å². The summed E-state index contributed by atoms with van der Waals surface area (Å²) in [6.07, 6.45) is 0.280. The minimum absolute atomic E-state index is 0.280. The van der Waals surface area contributed by atoms with Crippen molar-refractivity contribution in [1.82, 2.24) is 0 Å². The van der Waals surface area contributed by atoms with E-state index in [1.807, 2.05) is 20.8 Å². The molecule has 0 N–H and O–H groups in total. The molecule has 0 saturated carbocycles. The van der Waals surface area contributed by atoms with Crippen molar-refractivity contribution >= 4 is 11.9 Å². The zero-order valence-electron chi connectivity index (χ0n) is 7.21. The number of methoxy groups -OCH3 is 1. The van der Waals surface area contributed by atoms with Gasteiger partial charge in [0.2, 0.25) is 5.72 Å². The average Bonchev–Trinajstić information content (AvgIpc) is 1.83. The third kappa shape index (κ3) is 1.93. The van der Waals surface area contributed by atoms with E-state index < -0.39 is 5.72 Å². The summed E-state index contributed by atoms with van der Waals surface area (Å²) in [4.78, 5) is 8.06. The molecule has 0 saturated heterocycles. The molecule has 11 heavy (non-hydrogen) atoms. The highest BCUT2D eigenvalue weighted by Crippen LogP contribution is 2.16. The van der Waals surface area contributed by atoms with Crippen LogP contribution >= 0.6 is 0 Å². The predicted octanol–water partition coefficient (Wildman–Crippen LogP) is 1.17. The first-order valence-electron chi connectivity index (χ1n) is 3.42. The molecular formula is C7H12N2O2. The van der Waals surface area contributed by atoms with Crippen LogP contribution in [0.5, 0.6) is 0 Å². The molecule has 4 nitrogen and oxygen atoms in total. The molecule has 62 valence electrons. The van der Waals surface area contributed by atoms with Crippen molar-refractivity contribution in [2.24, 2.45) is 9.98 Å². The van der Waals surface area contributed by atoms with E-state index in [9.17, 15) is 0 Å². The lowest BCUT2D eigenvalue weighted by Crippen LogP contribution is -2.31. The maximum atomic E-state index is 5.23. The van der Waals surface area contributed by atoms with Gasteiger partial charge >= 0.3 is 6.08 Å². The van der Waals surface area contributed by atoms with E-state index in [2.05, 4.69) is 9.98 Å². The number of ether oxygens (including phenoxy) is 2. The molecule has 4 heteroatoms. The Hall–Kier alpha value is -1.06. The van der Waals surface area contributed by atoms with E-state index >= 15 is 0 Å². The van der Waals surface area contributed by atoms with E-state index in [1.165, 1.54) is 7.11 Å². The van der Waals surface area contributed by atoms with Crippen LogP contribution in [0, 0.1) is 0 Å². The van der Waals surface area contributed by atoms with Crippen LogP contribution in [0.2, 0.25) is 0 Å². The van der Waals surface area contributed by atoms with Gasteiger partial charge in [-0.25, -0.2) is 4.99 Å². The van der Waals surface area contributed by atoms with Gasteiger partial charge in [-0.05, 0) is 20.8 Å². The smallest absolute Gasteiger partial charge is 0.391 e. The van der Waals surface area contributed by atoms with Gasteiger partial charge in [0.05, 0.1) is 7.11 Å². The minimum atomic E-state index is -0.544. The normalized spacial score (nSPS) is 21.5. The lowest BCUT2D eigenvalue weighted by molar-refractivity contribution is 0.0569. The lowest BCUT2D eigenvalue weighted by Gasteiger charge is -2.24. The van der Waals surface area contributed by atoms with Gasteiger partial charge in [-0.15, -0.1) is 0 Å².